The highest BCUT2D eigenvalue weighted by Gasteiger charge is 2.70. The number of nitrogens with one attached hydrogen (secondary N) is 3. The zero-order chi connectivity index (χ0) is 35.9. The van der Waals surface area contributed by atoms with Crippen molar-refractivity contribution in [2.75, 3.05) is 6.54 Å². The van der Waals surface area contributed by atoms with E-state index in [2.05, 4.69) is 16.0 Å². The van der Waals surface area contributed by atoms with E-state index in [1.54, 1.807) is 46.8 Å². The molecule has 14 heteroatoms. The van der Waals surface area contributed by atoms with Crippen molar-refractivity contribution in [3.63, 3.8) is 0 Å². The van der Waals surface area contributed by atoms with Gasteiger partial charge in [-0.1, -0.05) is 78.8 Å². The van der Waals surface area contributed by atoms with Crippen LogP contribution in [0.4, 0.5) is 13.6 Å². The molecule has 264 valence electrons. The molecule has 0 bridgehead atoms. The Balaban J connectivity index is 1.49. The van der Waals surface area contributed by atoms with Crippen molar-refractivity contribution in [1.29, 1.82) is 0 Å². The normalized spacial score (nSPS) is 25.2. The highest BCUT2D eigenvalue weighted by molar-refractivity contribution is 6.37. The maximum atomic E-state index is 14.2. The first-order valence-electron chi connectivity index (χ1n) is 16.3. The van der Waals surface area contributed by atoms with Crippen LogP contribution in [0.5, 0.6) is 0 Å². The number of ketones is 1. The van der Waals surface area contributed by atoms with Gasteiger partial charge in [0.1, 0.15) is 24.7 Å². The van der Waals surface area contributed by atoms with Crippen LogP contribution in [0, 0.1) is 34.5 Å². The maximum absolute atomic E-state index is 14.2. The molecule has 0 radical (unpaired) electrons. The molecule has 0 aromatic heterocycles. The zero-order valence-corrected chi connectivity index (χ0v) is 28.5. The SMILES string of the molecule is CC(C)[C@H](NC(=O)N[C@H](C(=O)N1C[C@H]2[C@@H]([C@H]1C(=O)NC(CC1CC1(F)F)C(=O)C(N)=O)C2(C)C)C(C)(C)C)C(=O)OCc1ccccc1. The van der Waals surface area contributed by atoms with Crippen molar-refractivity contribution in [3.05, 3.63) is 35.9 Å². The predicted molar refractivity (Wildman–Crippen MR) is 170 cm³/mol. The Hall–Kier alpha value is -4.10. The molecule has 0 spiro atoms. The highest BCUT2D eigenvalue weighted by atomic mass is 19.3. The van der Waals surface area contributed by atoms with E-state index in [0.29, 0.717) is 0 Å². The number of primary amides is 1. The van der Waals surface area contributed by atoms with E-state index in [9.17, 15) is 37.5 Å². The van der Waals surface area contributed by atoms with Crippen molar-refractivity contribution in [2.24, 2.45) is 40.2 Å². The molecule has 2 unspecified atom stereocenters. The van der Waals surface area contributed by atoms with Crippen LogP contribution < -0.4 is 21.7 Å². The Labute approximate surface area is 279 Å². The first-order chi connectivity index (χ1) is 22.2. The number of hydrogen-bond donors (Lipinski definition) is 4. The quantitative estimate of drug-likeness (QED) is 0.183. The van der Waals surface area contributed by atoms with E-state index in [4.69, 9.17) is 10.5 Å². The molecule has 1 aliphatic heterocycles. The van der Waals surface area contributed by atoms with Crippen molar-refractivity contribution < 1.29 is 42.3 Å². The summed E-state index contributed by atoms with van der Waals surface area (Å²) in [6, 6.07) is 3.43. The molecule has 1 heterocycles. The Morgan fingerprint density at radius 2 is 1.62 bits per heavy atom. The molecule has 1 saturated heterocycles. The van der Waals surface area contributed by atoms with Gasteiger partial charge < -0.3 is 31.3 Å². The van der Waals surface area contributed by atoms with Crippen LogP contribution in [0.3, 0.4) is 0 Å². The molecule has 1 aromatic rings. The number of esters is 1. The number of hydrogen-bond acceptors (Lipinski definition) is 7. The molecule has 12 nitrogen and oxygen atoms in total. The minimum Gasteiger partial charge on any atom is -0.459 e. The number of fused-ring (bicyclic) bond motifs is 1. The Morgan fingerprint density at radius 3 is 2.15 bits per heavy atom. The summed E-state index contributed by atoms with van der Waals surface area (Å²) in [7, 11) is 0. The molecule has 5 amide bonds. The van der Waals surface area contributed by atoms with Gasteiger partial charge in [0.25, 0.3) is 11.8 Å². The number of likely N-dealkylation sites (tertiary alicyclic amines) is 1. The summed E-state index contributed by atoms with van der Waals surface area (Å²) < 4.78 is 32.9. The third-order valence-electron chi connectivity index (χ3n) is 9.93. The van der Waals surface area contributed by atoms with Gasteiger partial charge in [0.15, 0.2) is 0 Å². The number of Topliss-reactive ketones (excluding diaryl/α,β-unsaturated/α-hetero) is 1. The molecule has 3 aliphatic rings. The van der Waals surface area contributed by atoms with Gasteiger partial charge in [-0.15, -0.1) is 0 Å². The minimum atomic E-state index is -3.00. The van der Waals surface area contributed by atoms with E-state index in [0.717, 1.165) is 5.56 Å². The molecular weight excluding hydrogens is 628 g/mol. The van der Waals surface area contributed by atoms with Gasteiger partial charge in [-0.25, -0.2) is 18.4 Å². The largest absolute Gasteiger partial charge is 0.459 e. The summed E-state index contributed by atoms with van der Waals surface area (Å²) >= 11 is 0. The Morgan fingerprint density at radius 1 is 1.02 bits per heavy atom. The molecular formula is C34H47F2N5O7. The third-order valence-corrected chi connectivity index (χ3v) is 9.93. The fraction of sp³-hybridized carbons (Fsp3) is 0.647. The van der Waals surface area contributed by atoms with E-state index in [1.165, 1.54) is 4.90 Å². The summed E-state index contributed by atoms with van der Waals surface area (Å²) in [5, 5.41) is 7.78. The van der Waals surface area contributed by atoms with Crippen LogP contribution in [0.1, 0.15) is 66.9 Å². The lowest BCUT2D eigenvalue weighted by Crippen LogP contribution is -2.62. The molecule has 1 aromatic carbocycles. The average molecular weight is 676 g/mol. The molecule has 7 atom stereocenters. The lowest BCUT2D eigenvalue weighted by Gasteiger charge is -2.38. The predicted octanol–water partition coefficient (Wildman–Crippen LogP) is 2.54. The maximum Gasteiger partial charge on any atom is 0.329 e. The minimum absolute atomic E-state index is 0.0152. The van der Waals surface area contributed by atoms with Gasteiger partial charge in [-0.2, -0.15) is 0 Å². The second-order valence-corrected chi connectivity index (χ2v) is 15.3. The van der Waals surface area contributed by atoms with Crippen molar-refractivity contribution in [1.82, 2.24) is 20.9 Å². The molecule has 4 rings (SSSR count). The molecule has 48 heavy (non-hydrogen) atoms. The van der Waals surface area contributed by atoms with Gasteiger partial charge in [0.2, 0.25) is 17.6 Å². The number of amides is 5. The number of piperidine rings is 1. The van der Waals surface area contributed by atoms with Crippen LogP contribution in [0.2, 0.25) is 0 Å². The lowest BCUT2D eigenvalue weighted by molar-refractivity contribution is -0.148. The van der Waals surface area contributed by atoms with Gasteiger partial charge >= 0.3 is 12.0 Å². The number of carbonyl (C=O) groups excluding carboxylic acids is 6. The number of benzene rings is 1. The Bertz CT molecular complexity index is 1440. The van der Waals surface area contributed by atoms with Gasteiger partial charge in [0, 0.05) is 18.9 Å². The van der Waals surface area contributed by atoms with Crippen LogP contribution in [0.15, 0.2) is 30.3 Å². The molecule has 5 N–H and O–H groups in total. The van der Waals surface area contributed by atoms with Crippen molar-refractivity contribution >= 4 is 35.5 Å². The fourth-order valence-electron chi connectivity index (χ4n) is 6.73. The van der Waals surface area contributed by atoms with Crippen LogP contribution >= 0.6 is 0 Å². The summed E-state index contributed by atoms with van der Waals surface area (Å²) in [5.74, 6) is -9.46. The standard InChI is InChI=1S/C34H47F2N5O7/c1-17(2)23(30(46)48-16-18-11-9-8-10-12-18)39-31(47)40-26(32(3,4)5)29(45)41-15-20-22(33(20,6)7)24(41)28(44)38-21(25(42)27(37)43)13-19-14-34(19,35)36/h8-12,17,19-24,26H,13-16H2,1-7H3,(H2,37,43)(H,38,44)(H2,39,40,47)/t19?,20-,21?,22-,23-,24-,26+/m0/s1. The van der Waals surface area contributed by atoms with E-state index < -0.39 is 89.8 Å². The van der Waals surface area contributed by atoms with Gasteiger partial charge in [0.05, 0.1) is 6.04 Å². The van der Waals surface area contributed by atoms with E-state index in [1.807, 2.05) is 32.0 Å². The number of alkyl halides is 2. The number of nitrogens with zero attached hydrogens (tertiary/aromatic N) is 1. The number of ether oxygens (including phenoxy) is 1. The monoisotopic (exact) mass is 675 g/mol. The number of carbonyl (C=O) groups is 6. The summed E-state index contributed by atoms with van der Waals surface area (Å²) in [4.78, 5) is 79.9. The fourth-order valence-corrected chi connectivity index (χ4v) is 6.73. The number of rotatable bonds is 13. The highest BCUT2D eigenvalue weighted by Crippen LogP contribution is 2.65. The summed E-state index contributed by atoms with van der Waals surface area (Å²) in [6.45, 7) is 12.8. The van der Waals surface area contributed by atoms with E-state index in [-0.39, 0.29) is 36.3 Å². The van der Waals surface area contributed by atoms with Crippen LogP contribution in [0.25, 0.3) is 0 Å². The van der Waals surface area contributed by atoms with Crippen molar-refractivity contribution in [3.8, 4) is 0 Å². The molecule has 2 aliphatic carbocycles. The summed E-state index contributed by atoms with van der Waals surface area (Å²) in [6.07, 6.45) is -0.934. The third kappa shape index (κ3) is 7.95. The Kier molecular flexibility index (Phi) is 10.3. The van der Waals surface area contributed by atoms with Crippen LogP contribution in [-0.2, 0) is 35.3 Å². The van der Waals surface area contributed by atoms with Gasteiger partial charge in [-0.3, -0.25) is 19.2 Å². The summed E-state index contributed by atoms with van der Waals surface area (Å²) in [5.41, 5.74) is 4.75. The number of urea groups is 1. The smallest absolute Gasteiger partial charge is 0.329 e. The van der Waals surface area contributed by atoms with Gasteiger partial charge in [-0.05, 0) is 40.6 Å². The second kappa shape index (κ2) is 13.4. The average Bonchev–Trinajstić information content (AvgIpc) is 3.65. The van der Waals surface area contributed by atoms with Crippen molar-refractivity contribution in [2.45, 2.75) is 98.0 Å². The second-order valence-electron chi connectivity index (χ2n) is 15.3. The topological polar surface area (TPSA) is 177 Å². The van der Waals surface area contributed by atoms with E-state index >= 15 is 0 Å². The lowest BCUT2D eigenvalue weighted by atomic mass is 9.85. The zero-order valence-electron chi connectivity index (χ0n) is 28.5. The van der Waals surface area contributed by atoms with Crippen LogP contribution in [-0.4, -0.2) is 77.0 Å². The number of halogens is 2. The molecule has 2 saturated carbocycles. The molecule has 3 fully saturated rings. The number of nitrogens with two attached hydrogens (primary N) is 1. The first kappa shape index (κ1) is 36.7. The first-order valence-corrected chi connectivity index (χ1v) is 16.3.